The molecule has 0 saturated heterocycles. The molecule has 0 aliphatic heterocycles. The van der Waals surface area contributed by atoms with E-state index in [0.29, 0.717) is 17.5 Å². The Hall–Kier alpha value is -7.21. The second-order valence-electron chi connectivity index (χ2n) is 14.0. The molecule has 3 heterocycles. The first kappa shape index (κ1) is 32.2. The molecule has 0 spiro atoms. The Morgan fingerprint density at radius 1 is 0.339 bits per heavy atom. The van der Waals surface area contributed by atoms with Gasteiger partial charge in [0.1, 0.15) is 0 Å². The molecule has 262 valence electrons. The van der Waals surface area contributed by atoms with Crippen LogP contribution in [0.1, 0.15) is 0 Å². The first-order valence-corrected chi connectivity index (χ1v) is 19.6. The Bertz CT molecular complexity index is 3170. The smallest absolute Gasteiger partial charge is 0.164 e. The molecule has 0 unspecified atom stereocenters. The van der Waals surface area contributed by atoms with Gasteiger partial charge in [-0.3, -0.25) is 0 Å². The highest BCUT2D eigenvalue weighted by molar-refractivity contribution is 7.27. The lowest BCUT2D eigenvalue weighted by Gasteiger charge is -2.14. The standard InChI is InChI=1S/C51H32N4S/c1-5-16-33(17-6-1)37-30-38(51-53-49(35-20-9-3-10-21-35)52-50(54-51)36-22-11-4-12-23-36)32-39(31-37)55-45-27-14-13-24-41(45)42-28-29-44-43-26-15-25-40(34-18-7-2-8-19-34)47(43)56-48(44)46(42)55/h1-32H. The summed E-state index contributed by atoms with van der Waals surface area (Å²) in [6.07, 6.45) is 0. The van der Waals surface area contributed by atoms with Gasteiger partial charge < -0.3 is 4.57 Å². The molecule has 0 fully saturated rings. The molecular weight excluding hydrogens is 701 g/mol. The SMILES string of the molecule is c1ccc(-c2cc(-c3nc(-c4ccccc4)nc(-c4ccccc4)n3)cc(-n3c4ccccc4c4ccc5c6cccc(-c7ccccc7)c6sc5c43)c2)cc1. The number of benzene rings is 8. The molecule has 0 radical (unpaired) electrons. The first-order valence-electron chi connectivity index (χ1n) is 18.8. The lowest BCUT2D eigenvalue weighted by molar-refractivity contribution is 1.07. The minimum atomic E-state index is 0.622. The molecule has 5 heteroatoms. The third-order valence-electron chi connectivity index (χ3n) is 10.6. The quantitative estimate of drug-likeness (QED) is 0.171. The molecule has 0 saturated carbocycles. The monoisotopic (exact) mass is 732 g/mol. The molecular formula is C51H32N4S. The second-order valence-corrected chi connectivity index (χ2v) is 15.0. The van der Waals surface area contributed by atoms with Crippen LogP contribution < -0.4 is 0 Å². The summed E-state index contributed by atoms with van der Waals surface area (Å²) in [7, 11) is 0. The van der Waals surface area contributed by atoms with E-state index in [2.05, 4.69) is 162 Å². The van der Waals surface area contributed by atoms with Gasteiger partial charge in [-0.1, -0.05) is 170 Å². The van der Waals surface area contributed by atoms with Gasteiger partial charge >= 0.3 is 0 Å². The van der Waals surface area contributed by atoms with E-state index in [1.54, 1.807) is 0 Å². The Morgan fingerprint density at radius 3 is 1.50 bits per heavy atom. The molecule has 0 bridgehead atoms. The number of para-hydroxylation sites is 1. The molecule has 56 heavy (non-hydrogen) atoms. The van der Waals surface area contributed by atoms with Crippen LogP contribution in [0.25, 0.3) is 104 Å². The third kappa shape index (κ3) is 5.40. The molecule has 0 atom stereocenters. The minimum Gasteiger partial charge on any atom is -0.308 e. The van der Waals surface area contributed by atoms with E-state index >= 15 is 0 Å². The predicted molar refractivity (Wildman–Crippen MR) is 234 cm³/mol. The van der Waals surface area contributed by atoms with Gasteiger partial charge in [0, 0.05) is 48.6 Å². The van der Waals surface area contributed by atoms with Crippen molar-refractivity contribution in [2.75, 3.05) is 0 Å². The van der Waals surface area contributed by atoms with Crippen LogP contribution in [0.2, 0.25) is 0 Å². The highest BCUT2D eigenvalue weighted by Gasteiger charge is 2.21. The van der Waals surface area contributed by atoms with Crippen molar-refractivity contribution in [1.29, 1.82) is 0 Å². The summed E-state index contributed by atoms with van der Waals surface area (Å²) in [6.45, 7) is 0. The van der Waals surface area contributed by atoms with Gasteiger partial charge in [-0.25, -0.2) is 15.0 Å². The number of fused-ring (bicyclic) bond motifs is 7. The van der Waals surface area contributed by atoms with Crippen LogP contribution in [0.4, 0.5) is 0 Å². The average molecular weight is 733 g/mol. The van der Waals surface area contributed by atoms with E-state index in [-0.39, 0.29) is 0 Å². The summed E-state index contributed by atoms with van der Waals surface area (Å²) in [5.74, 6) is 1.90. The van der Waals surface area contributed by atoms with Crippen molar-refractivity contribution in [3.05, 3.63) is 194 Å². The van der Waals surface area contributed by atoms with Crippen LogP contribution in [-0.2, 0) is 0 Å². The number of hydrogen-bond acceptors (Lipinski definition) is 4. The van der Waals surface area contributed by atoms with Crippen molar-refractivity contribution >= 4 is 53.3 Å². The maximum absolute atomic E-state index is 5.17. The number of thiophene rings is 1. The average Bonchev–Trinajstić information content (AvgIpc) is 3.84. The fraction of sp³-hybridized carbons (Fsp3) is 0. The van der Waals surface area contributed by atoms with Crippen LogP contribution in [0.3, 0.4) is 0 Å². The maximum atomic E-state index is 5.17. The van der Waals surface area contributed by atoms with Crippen LogP contribution in [-0.4, -0.2) is 19.5 Å². The zero-order valence-corrected chi connectivity index (χ0v) is 31.0. The van der Waals surface area contributed by atoms with E-state index in [1.165, 1.54) is 47.6 Å². The normalized spacial score (nSPS) is 11.6. The van der Waals surface area contributed by atoms with Gasteiger partial charge in [0.05, 0.1) is 15.7 Å². The molecule has 0 aliphatic carbocycles. The largest absolute Gasteiger partial charge is 0.308 e. The van der Waals surface area contributed by atoms with Gasteiger partial charge in [-0.15, -0.1) is 11.3 Å². The fourth-order valence-electron chi connectivity index (χ4n) is 8.02. The summed E-state index contributed by atoms with van der Waals surface area (Å²) in [6, 6.07) is 68.5. The van der Waals surface area contributed by atoms with E-state index < -0.39 is 0 Å². The van der Waals surface area contributed by atoms with Gasteiger partial charge in [-0.2, -0.15) is 0 Å². The van der Waals surface area contributed by atoms with Gasteiger partial charge in [-0.05, 0) is 46.5 Å². The molecule has 4 nitrogen and oxygen atoms in total. The molecule has 0 N–H and O–H groups in total. The van der Waals surface area contributed by atoms with Crippen molar-refractivity contribution in [3.63, 3.8) is 0 Å². The molecule has 3 aromatic heterocycles. The second kappa shape index (κ2) is 13.3. The Balaban J connectivity index is 1.22. The van der Waals surface area contributed by atoms with Crippen molar-refractivity contribution in [3.8, 4) is 62.1 Å². The van der Waals surface area contributed by atoms with E-state index in [1.807, 2.05) is 47.7 Å². The van der Waals surface area contributed by atoms with E-state index in [9.17, 15) is 0 Å². The topological polar surface area (TPSA) is 43.6 Å². The predicted octanol–water partition coefficient (Wildman–Crippen LogP) is 13.7. The van der Waals surface area contributed by atoms with Gasteiger partial charge in [0.15, 0.2) is 17.5 Å². The number of aromatic nitrogens is 4. The first-order chi connectivity index (χ1) is 27.8. The van der Waals surface area contributed by atoms with Crippen molar-refractivity contribution in [1.82, 2.24) is 19.5 Å². The Kier molecular flexibility index (Phi) is 7.64. The molecule has 11 aromatic rings. The minimum absolute atomic E-state index is 0.622. The van der Waals surface area contributed by atoms with E-state index in [4.69, 9.17) is 15.0 Å². The third-order valence-corrected chi connectivity index (χ3v) is 11.9. The van der Waals surface area contributed by atoms with Crippen molar-refractivity contribution in [2.24, 2.45) is 0 Å². The molecule has 0 amide bonds. The fourth-order valence-corrected chi connectivity index (χ4v) is 9.40. The molecule has 8 aromatic carbocycles. The summed E-state index contributed by atoms with van der Waals surface area (Å²) in [5, 5.41) is 4.98. The van der Waals surface area contributed by atoms with Crippen LogP contribution in [0.15, 0.2) is 194 Å². The Labute approximate surface area is 327 Å². The lowest BCUT2D eigenvalue weighted by atomic mass is 10.0. The number of rotatable bonds is 6. The van der Waals surface area contributed by atoms with Gasteiger partial charge in [0.2, 0.25) is 0 Å². The highest BCUT2D eigenvalue weighted by atomic mass is 32.1. The summed E-state index contributed by atoms with van der Waals surface area (Å²) < 4.78 is 5.02. The summed E-state index contributed by atoms with van der Waals surface area (Å²) in [5.41, 5.74) is 10.9. The van der Waals surface area contributed by atoms with Crippen molar-refractivity contribution < 1.29 is 0 Å². The zero-order valence-electron chi connectivity index (χ0n) is 30.2. The summed E-state index contributed by atoms with van der Waals surface area (Å²) >= 11 is 1.88. The van der Waals surface area contributed by atoms with E-state index in [0.717, 1.165) is 39.0 Å². The lowest BCUT2D eigenvalue weighted by Crippen LogP contribution is -2.01. The number of hydrogen-bond donors (Lipinski definition) is 0. The van der Waals surface area contributed by atoms with Crippen LogP contribution in [0.5, 0.6) is 0 Å². The van der Waals surface area contributed by atoms with Crippen LogP contribution >= 0.6 is 11.3 Å². The zero-order chi connectivity index (χ0) is 37.0. The Morgan fingerprint density at radius 2 is 0.839 bits per heavy atom. The molecule has 11 rings (SSSR count). The maximum Gasteiger partial charge on any atom is 0.164 e. The van der Waals surface area contributed by atoms with Crippen LogP contribution in [0, 0.1) is 0 Å². The van der Waals surface area contributed by atoms with Crippen molar-refractivity contribution in [2.45, 2.75) is 0 Å². The molecule has 0 aliphatic rings. The van der Waals surface area contributed by atoms with Gasteiger partial charge in [0.25, 0.3) is 0 Å². The summed E-state index contributed by atoms with van der Waals surface area (Å²) in [4.78, 5) is 15.3. The number of nitrogens with zero attached hydrogens (tertiary/aromatic N) is 4. The highest BCUT2D eigenvalue weighted by Crippen LogP contribution is 2.46.